The molecule has 0 atom stereocenters. The summed E-state index contributed by atoms with van der Waals surface area (Å²) < 4.78 is 0. The molecule has 1 aliphatic rings. The van der Waals surface area contributed by atoms with Crippen molar-refractivity contribution >= 4 is 11.4 Å². The van der Waals surface area contributed by atoms with Gasteiger partial charge in [0.2, 0.25) is 0 Å². The van der Waals surface area contributed by atoms with Crippen molar-refractivity contribution in [2.75, 3.05) is 23.3 Å². The molecule has 1 N–H and O–H groups in total. The van der Waals surface area contributed by atoms with Gasteiger partial charge in [0, 0.05) is 30.7 Å². The molecule has 0 amide bonds. The molecule has 0 aliphatic carbocycles. The van der Waals surface area contributed by atoms with Crippen molar-refractivity contribution in [2.24, 2.45) is 0 Å². The van der Waals surface area contributed by atoms with Crippen molar-refractivity contribution in [3.8, 4) is 0 Å². The van der Waals surface area contributed by atoms with Gasteiger partial charge in [-0.2, -0.15) is 0 Å². The minimum Gasteiger partial charge on any atom is -0.379 e. The zero-order valence-electron chi connectivity index (χ0n) is 10.9. The van der Waals surface area contributed by atoms with Crippen molar-refractivity contribution in [3.05, 3.63) is 48.5 Å². The fourth-order valence-corrected chi connectivity index (χ4v) is 2.38. The lowest BCUT2D eigenvalue weighted by Crippen LogP contribution is -2.17. The first kappa shape index (κ1) is 12.0. The SMILES string of the molecule is c1cc(CNc2ccc(N3CCCC3)cc2)ncn1. The Morgan fingerprint density at radius 2 is 1.84 bits per heavy atom. The van der Waals surface area contributed by atoms with E-state index < -0.39 is 0 Å². The van der Waals surface area contributed by atoms with Gasteiger partial charge in [0.25, 0.3) is 0 Å². The minimum atomic E-state index is 0.728. The Morgan fingerprint density at radius 1 is 1.05 bits per heavy atom. The molecule has 0 saturated carbocycles. The van der Waals surface area contributed by atoms with Crippen LogP contribution in [-0.4, -0.2) is 23.1 Å². The number of benzene rings is 1. The van der Waals surface area contributed by atoms with Crippen molar-refractivity contribution in [3.63, 3.8) is 0 Å². The second-order valence-electron chi connectivity index (χ2n) is 4.80. The van der Waals surface area contributed by atoms with Crippen molar-refractivity contribution in [2.45, 2.75) is 19.4 Å². The van der Waals surface area contributed by atoms with Crippen LogP contribution in [0.4, 0.5) is 11.4 Å². The Kier molecular flexibility index (Phi) is 3.58. The third-order valence-corrected chi connectivity index (χ3v) is 3.46. The second-order valence-corrected chi connectivity index (χ2v) is 4.80. The van der Waals surface area contributed by atoms with Crippen molar-refractivity contribution in [1.82, 2.24) is 9.97 Å². The summed E-state index contributed by atoms with van der Waals surface area (Å²) >= 11 is 0. The predicted molar refractivity (Wildman–Crippen MR) is 77.2 cm³/mol. The van der Waals surface area contributed by atoms with E-state index in [1.54, 1.807) is 12.5 Å². The van der Waals surface area contributed by atoms with E-state index in [0.29, 0.717) is 0 Å². The Morgan fingerprint density at radius 3 is 2.53 bits per heavy atom. The summed E-state index contributed by atoms with van der Waals surface area (Å²) in [7, 11) is 0. The molecule has 98 valence electrons. The average Bonchev–Trinajstić information content (AvgIpc) is 3.01. The van der Waals surface area contributed by atoms with Crippen LogP contribution in [0.5, 0.6) is 0 Å². The summed E-state index contributed by atoms with van der Waals surface area (Å²) in [6, 6.07) is 10.6. The highest BCUT2D eigenvalue weighted by Gasteiger charge is 2.11. The van der Waals surface area contributed by atoms with Crippen LogP contribution in [0, 0.1) is 0 Å². The Bertz CT molecular complexity index is 503. The van der Waals surface area contributed by atoms with Crippen LogP contribution in [0.1, 0.15) is 18.5 Å². The number of hydrogen-bond donors (Lipinski definition) is 1. The molecule has 0 spiro atoms. The molecule has 0 radical (unpaired) electrons. The Hall–Kier alpha value is -2.10. The van der Waals surface area contributed by atoms with Gasteiger partial charge in [-0.3, -0.25) is 0 Å². The largest absolute Gasteiger partial charge is 0.379 e. The monoisotopic (exact) mass is 254 g/mol. The van der Waals surface area contributed by atoms with Crippen LogP contribution < -0.4 is 10.2 Å². The summed E-state index contributed by atoms with van der Waals surface area (Å²) in [6.45, 7) is 3.10. The maximum atomic E-state index is 4.19. The molecule has 1 aromatic carbocycles. The molecular weight excluding hydrogens is 236 g/mol. The predicted octanol–water partition coefficient (Wildman–Crippen LogP) is 2.69. The van der Waals surface area contributed by atoms with Gasteiger partial charge < -0.3 is 10.2 Å². The van der Waals surface area contributed by atoms with Gasteiger partial charge >= 0.3 is 0 Å². The third-order valence-electron chi connectivity index (χ3n) is 3.46. The summed E-state index contributed by atoms with van der Waals surface area (Å²) in [4.78, 5) is 10.5. The fourth-order valence-electron chi connectivity index (χ4n) is 2.38. The number of hydrogen-bond acceptors (Lipinski definition) is 4. The molecule has 1 aromatic heterocycles. The molecule has 1 aliphatic heterocycles. The molecule has 4 heteroatoms. The molecule has 1 saturated heterocycles. The summed E-state index contributed by atoms with van der Waals surface area (Å²) in [5, 5.41) is 3.37. The number of nitrogens with one attached hydrogen (secondary N) is 1. The third kappa shape index (κ3) is 3.02. The Labute approximate surface area is 113 Å². The van der Waals surface area contributed by atoms with Crippen molar-refractivity contribution < 1.29 is 0 Å². The van der Waals surface area contributed by atoms with Gasteiger partial charge in [-0.05, 0) is 43.2 Å². The maximum Gasteiger partial charge on any atom is 0.115 e. The standard InChI is InChI=1S/C15H18N4/c1-2-10-19(9-1)15-5-3-13(4-6-15)17-11-14-7-8-16-12-18-14/h3-8,12,17H,1-2,9-11H2. The maximum absolute atomic E-state index is 4.19. The zero-order valence-corrected chi connectivity index (χ0v) is 10.9. The van der Waals surface area contributed by atoms with Gasteiger partial charge in [0.1, 0.15) is 6.33 Å². The van der Waals surface area contributed by atoms with Crippen LogP contribution in [0.3, 0.4) is 0 Å². The van der Waals surface area contributed by atoms with Gasteiger partial charge in [0.15, 0.2) is 0 Å². The normalized spacial score (nSPS) is 14.6. The van der Waals surface area contributed by atoms with Crippen LogP contribution >= 0.6 is 0 Å². The smallest absolute Gasteiger partial charge is 0.115 e. The number of aromatic nitrogens is 2. The van der Waals surface area contributed by atoms with Gasteiger partial charge in [-0.1, -0.05) is 0 Å². The number of anilines is 2. The highest BCUT2D eigenvalue weighted by molar-refractivity contribution is 5.55. The lowest BCUT2D eigenvalue weighted by Gasteiger charge is -2.17. The van der Waals surface area contributed by atoms with Crippen LogP contribution in [0.2, 0.25) is 0 Å². The van der Waals surface area contributed by atoms with Crippen LogP contribution in [0.15, 0.2) is 42.9 Å². The number of nitrogens with zero attached hydrogens (tertiary/aromatic N) is 3. The lowest BCUT2D eigenvalue weighted by atomic mass is 10.2. The van der Waals surface area contributed by atoms with E-state index in [9.17, 15) is 0 Å². The van der Waals surface area contributed by atoms with Crippen molar-refractivity contribution in [1.29, 1.82) is 0 Å². The van der Waals surface area contributed by atoms with Gasteiger partial charge in [0.05, 0.1) is 12.2 Å². The lowest BCUT2D eigenvalue weighted by molar-refractivity contribution is 0.949. The van der Waals surface area contributed by atoms with E-state index in [2.05, 4.69) is 44.5 Å². The summed E-state index contributed by atoms with van der Waals surface area (Å²) in [6.07, 6.45) is 5.97. The molecule has 19 heavy (non-hydrogen) atoms. The summed E-state index contributed by atoms with van der Waals surface area (Å²) in [5.74, 6) is 0. The molecule has 1 fully saturated rings. The highest BCUT2D eigenvalue weighted by Crippen LogP contribution is 2.22. The summed E-state index contributed by atoms with van der Waals surface area (Å²) in [5.41, 5.74) is 3.45. The second kappa shape index (κ2) is 5.69. The van der Waals surface area contributed by atoms with E-state index in [0.717, 1.165) is 17.9 Å². The minimum absolute atomic E-state index is 0.728. The first-order valence-corrected chi connectivity index (χ1v) is 6.75. The molecular formula is C15H18N4. The molecule has 3 rings (SSSR count). The van der Waals surface area contributed by atoms with Crippen LogP contribution in [-0.2, 0) is 6.54 Å². The quantitative estimate of drug-likeness (QED) is 0.910. The fraction of sp³-hybridized carbons (Fsp3) is 0.333. The van der Waals surface area contributed by atoms with E-state index in [4.69, 9.17) is 0 Å². The molecule has 0 bridgehead atoms. The Balaban J connectivity index is 1.60. The van der Waals surface area contributed by atoms with E-state index in [1.807, 2.05) is 6.07 Å². The molecule has 0 unspecified atom stereocenters. The van der Waals surface area contributed by atoms with Gasteiger partial charge in [-0.25, -0.2) is 9.97 Å². The van der Waals surface area contributed by atoms with E-state index in [1.165, 1.54) is 31.6 Å². The molecule has 4 nitrogen and oxygen atoms in total. The van der Waals surface area contributed by atoms with Gasteiger partial charge in [-0.15, -0.1) is 0 Å². The molecule has 2 aromatic rings. The number of rotatable bonds is 4. The first-order chi connectivity index (χ1) is 9.42. The van der Waals surface area contributed by atoms with E-state index >= 15 is 0 Å². The highest BCUT2D eigenvalue weighted by atomic mass is 15.1. The molecule has 2 heterocycles. The first-order valence-electron chi connectivity index (χ1n) is 6.75. The average molecular weight is 254 g/mol. The van der Waals surface area contributed by atoms with Crippen LogP contribution in [0.25, 0.3) is 0 Å². The zero-order chi connectivity index (χ0) is 12.9. The van der Waals surface area contributed by atoms with E-state index in [-0.39, 0.29) is 0 Å². The topological polar surface area (TPSA) is 41.0 Å².